The van der Waals surface area contributed by atoms with Gasteiger partial charge in [0.2, 0.25) is 0 Å². The number of hydrogen-bond donors (Lipinski definition) is 2. The van der Waals surface area contributed by atoms with Crippen molar-refractivity contribution in [2.24, 2.45) is 0 Å². The highest BCUT2D eigenvalue weighted by molar-refractivity contribution is 7.26. The van der Waals surface area contributed by atoms with Crippen molar-refractivity contribution in [1.82, 2.24) is 0 Å². The number of nitrogens with two attached hydrogens (primary N) is 1. The van der Waals surface area contributed by atoms with Crippen LogP contribution in [0.15, 0.2) is 182 Å². The largest absolute Gasteiger partial charge is 0.399 e. The second kappa shape index (κ2) is 16.6. The minimum Gasteiger partial charge on any atom is -0.399 e. The molecule has 10 aromatic rings. The summed E-state index contributed by atoms with van der Waals surface area (Å²) in [5.74, 6) is 0. The number of aliphatic hydroxyl groups is 1. The SMILES string of the molecule is CCO.Nc1ccc(-c2ccccc2-c2ccc3c(c2)sc2ccccc23)cc1.O=[N+]([O-])c1ccc(-c2ccccc2-c2ccc3c(c2)sc2ccccc23)cc1. The number of non-ortho nitro benzene ring substituents is 1. The van der Waals surface area contributed by atoms with Crippen molar-refractivity contribution < 1.29 is 10.0 Å². The first-order valence-corrected chi connectivity index (χ1v) is 20.3. The number of fused-ring (bicyclic) bond motifs is 6. The first-order valence-electron chi connectivity index (χ1n) is 18.6. The number of nitrogen functional groups attached to an aromatic ring is 1. The number of benzene rings is 8. The molecule has 10 rings (SSSR count). The molecule has 8 aromatic carbocycles. The Morgan fingerprint density at radius 3 is 1.23 bits per heavy atom. The van der Waals surface area contributed by atoms with Crippen LogP contribution in [0.5, 0.6) is 0 Å². The standard InChI is InChI=1S/C24H15NO2S.C24H17NS.C2H6O/c26-25(27)18-12-9-16(10-13-18)19-5-1-2-6-20(19)17-11-14-22-21-7-3-4-8-23(21)28-24(22)15-17;25-18-12-9-16(10-13-18)19-5-1-2-6-20(19)17-11-14-22-21-7-3-4-8-23(21)26-24(22)15-17;1-2-3/h1-15H;1-15H,25H2;3H,2H2,1H3. The van der Waals surface area contributed by atoms with Crippen LogP contribution in [0.25, 0.3) is 84.9 Å². The molecule has 3 N–H and O–H groups in total. The van der Waals surface area contributed by atoms with Crippen molar-refractivity contribution in [2.45, 2.75) is 6.92 Å². The summed E-state index contributed by atoms with van der Waals surface area (Å²) in [6, 6.07) is 62.1. The molecule has 0 aliphatic heterocycles. The van der Waals surface area contributed by atoms with Crippen molar-refractivity contribution in [3.63, 3.8) is 0 Å². The summed E-state index contributed by atoms with van der Waals surface area (Å²) < 4.78 is 5.22. The molecule has 2 aromatic heterocycles. The second-order valence-corrected chi connectivity index (χ2v) is 15.6. The lowest BCUT2D eigenvalue weighted by atomic mass is 9.94. The van der Waals surface area contributed by atoms with Gasteiger partial charge in [-0.25, -0.2) is 0 Å². The molecule has 2 heterocycles. The Bertz CT molecular complexity index is 3000. The van der Waals surface area contributed by atoms with Crippen LogP contribution in [-0.4, -0.2) is 16.6 Å². The molecular formula is C50H38N2O3S2. The number of hydrogen-bond acceptors (Lipinski definition) is 6. The summed E-state index contributed by atoms with van der Waals surface area (Å²) >= 11 is 3.66. The predicted octanol–water partition coefficient (Wildman–Crippen LogP) is 14.3. The summed E-state index contributed by atoms with van der Waals surface area (Å²) in [4.78, 5) is 10.6. The molecule has 0 unspecified atom stereocenters. The van der Waals surface area contributed by atoms with Gasteiger partial charge < -0.3 is 10.8 Å². The van der Waals surface area contributed by atoms with Crippen LogP contribution in [0.4, 0.5) is 11.4 Å². The van der Waals surface area contributed by atoms with E-state index in [-0.39, 0.29) is 17.2 Å². The number of nitrogens with zero attached hydrogens (tertiary/aromatic N) is 1. The van der Waals surface area contributed by atoms with Gasteiger partial charge in [-0.1, -0.05) is 121 Å². The minimum atomic E-state index is -0.370. The van der Waals surface area contributed by atoms with E-state index in [0.29, 0.717) is 0 Å². The fraction of sp³-hybridized carbons (Fsp3) is 0.0400. The second-order valence-electron chi connectivity index (χ2n) is 13.5. The van der Waals surface area contributed by atoms with Gasteiger partial charge in [0.25, 0.3) is 5.69 Å². The molecule has 278 valence electrons. The highest BCUT2D eigenvalue weighted by Gasteiger charge is 2.13. The third-order valence-corrected chi connectivity index (χ3v) is 12.1. The summed E-state index contributed by atoms with van der Waals surface area (Å²) in [6.07, 6.45) is 0. The number of rotatable bonds is 5. The van der Waals surface area contributed by atoms with Crippen LogP contribution < -0.4 is 5.73 Å². The van der Waals surface area contributed by atoms with E-state index in [1.54, 1.807) is 30.4 Å². The molecule has 0 amide bonds. The molecule has 0 saturated heterocycles. The van der Waals surface area contributed by atoms with Gasteiger partial charge in [0.15, 0.2) is 0 Å². The lowest BCUT2D eigenvalue weighted by Crippen LogP contribution is -1.88. The average Bonchev–Trinajstić information content (AvgIpc) is 3.82. The Hall–Kier alpha value is -6.64. The molecule has 0 fully saturated rings. The van der Waals surface area contributed by atoms with Gasteiger partial charge in [0.05, 0.1) is 4.92 Å². The van der Waals surface area contributed by atoms with Crippen LogP contribution in [0, 0.1) is 10.1 Å². The van der Waals surface area contributed by atoms with E-state index in [9.17, 15) is 10.1 Å². The Labute approximate surface area is 338 Å². The maximum Gasteiger partial charge on any atom is 0.269 e. The van der Waals surface area contributed by atoms with Gasteiger partial charge in [-0.05, 0) is 100.0 Å². The van der Waals surface area contributed by atoms with Gasteiger partial charge in [-0.3, -0.25) is 10.1 Å². The molecule has 0 bridgehead atoms. The zero-order chi connectivity index (χ0) is 39.3. The zero-order valence-electron chi connectivity index (χ0n) is 31.1. The van der Waals surface area contributed by atoms with E-state index in [2.05, 4.69) is 133 Å². The van der Waals surface area contributed by atoms with Crippen LogP contribution in [0.2, 0.25) is 0 Å². The lowest BCUT2D eigenvalue weighted by Gasteiger charge is -2.10. The summed E-state index contributed by atoms with van der Waals surface area (Å²) in [5, 5.41) is 23.7. The summed E-state index contributed by atoms with van der Waals surface area (Å²) in [7, 11) is 0. The summed E-state index contributed by atoms with van der Waals surface area (Å²) in [5.41, 5.74) is 16.0. The highest BCUT2D eigenvalue weighted by atomic mass is 32.1. The number of aliphatic hydroxyl groups excluding tert-OH is 1. The Kier molecular flexibility index (Phi) is 10.9. The van der Waals surface area contributed by atoms with Crippen molar-refractivity contribution in [3.8, 4) is 44.5 Å². The van der Waals surface area contributed by atoms with E-state index in [1.165, 1.54) is 62.6 Å². The predicted molar refractivity (Wildman–Crippen MR) is 244 cm³/mol. The topological polar surface area (TPSA) is 89.4 Å². The first kappa shape index (κ1) is 37.3. The van der Waals surface area contributed by atoms with Gasteiger partial charge in [-0.15, -0.1) is 22.7 Å². The molecule has 0 radical (unpaired) electrons. The number of nitro benzene ring substituents is 1. The van der Waals surface area contributed by atoms with Gasteiger partial charge in [0.1, 0.15) is 0 Å². The minimum absolute atomic E-state index is 0.105. The third kappa shape index (κ3) is 7.77. The van der Waals surface area contributed by atoms with Crippen molar-refractivity contribution in [3.05, 3.63) is 192 Å². The quantitative estimate of drug-likeness (QED) is 0.103. The zero-order valence-corrected chi connectivity index (χ0v) is 32.8. The summed E-state index contributed by atoms with van der Waals surface area (Å²) in [6.45, 7) is 1.93. The van der Waals surface area contributed by atoms with Crippen LogP contribution >= 0.6 is 22.7 Å². The van der Waals surface area contributed by atoms with E-state index in [1.807, 2.05) is 47.7 Å². The normalized spacial score (nSPS) is 10.9. The van der Waals surface area contributed by atoms with Crippen LogP contribution in [-0.2, 0) is 0 Å². The van der Waals surface area contributed by atoms with E-state index in [4.69, 9.17) is 10.8 Å². The molecule has 0 spiro atoms. The molecule has 0 aliphatic carbocycles. The Morgan fingerprint density at radius 1 is 0.474 bits per heavy atom. The van der Waals surface area contributed by atoms with E-state index in [0.717, 1.165) is 27.9 Å². The van der Waals surface area contributed by atoms with Gasteiger partial charge in [0, 0.05) is 64.8 Å². The molecule has 57 heavy (non-hydrogen) atoms. The maximum atomic E-state index is 10.9. The monoisotopic (exact) mass is 778 g/mol. The van der Waals surface area contributed by atoms with Crippen molar-refractivity contribution in [2.75, 3.05) is 12.3 Å². The Morgan fingerprint density at radius 2 is 0.807 bits per heavy atom. The molecular weight excluding hydrogens is 741 g/mol. The number of nitro groups is 1. The van der Waals surface area contributed by atoms with Crippen LogP contribution in [0.3, 0.4) is 0 Å². The first-order chi connectivity index (χ1) is 27.9. The molecule has 5 nitrogen and oxygen atoms in total. The highest BCUT2D eigenvalue weighted by Crippen LogP contribution is 2.40. The fourth-order valence-corrected chi connectivity index (χ4v) is 9.48. The number of anilines is 1. The van der Waals surface area contributed by atoms with Crippen molar-refractivity contribution >= 4 is 74.4 Å². The third-order valence-electron chi connectivity index (χ3n) is 9.84. The maximum absolute atomic E-state index is 10.9. The number of thiophene rings is 2. The van der Waals surface area contributed by atoms with E-state index >= 15 is 0 Å². The van der Waals surface area contributed by atoms with Gasteiger partial charge in [-0.2, -0.15) is 0 Å². The Balaban J connectivity index is 0.000000150. The molecule has 0 aliphatic rings. The smallest absolute Gasteiger partial charge is 0.269 e. The lowest BCUT2D eigenvalue weighted by molar-refractivity contribution is -0.384. The molecule has 0 saturated carbocycles. The van der Waals surface area contributed by atoms with E-state index < -0.39 is 0 Å². The average molecular weight is 779 g/mol. The van der Waals surface area contributed by atoms with Gasteiger partial charge >= 0.3 is 0 Å². The fourth-order valence-electron chi connectivity index (χ4n) is 7.19. The molecule has 0 atom stereocenters. The molecule has 7 heteroatoms. The van der Waals surface area contributed by atoms with Crippen molar-refractivity contribution in [1.29, 1.82) is 0 Å². The van der Waals surface area contributed by atoms with Crippen LogP contribution in [0.1, 0.15) is 6.92 Å².